The Morgan fingerprint density at radius 1 is 0.775 bits per heavy atom. The third-order valence-electron chi connectivity index (χ3n) is 15.6. The fourth-order valence-corrected chi connectivity index (χ4v) is 11.2. The van der Waals surface area contributed by atoms with E-state index < -0.39 is 12.6 Å². The van der Waals surface area contributed by atoms with E-state index in [-0.39, 0.29) is 30.5 Å². The maximum absolute atomic E-state index is 13.5. The molecule has 4 aliphatic rings. The zero-order valence-corrected chi connectivity index (χ0v) is 40.5. The van der Waals surface area contributed by atoms with Gasteiger partial charge in [0.15, 0.2) is 0 Å². The first-order valence-corrected chi connectivity index (χ1v) is 25.8. The van der Waals surface area contributed by atoms with Crippen LogP contribution in [0.3, 0.4) is 0 Å². The summed E-state index contributed by atoms with van der Waals surface area (Å²) >= 11 is 0. The van der Waals surface area contributed by atoms with E-state index in [9.17, 15) is 23.1 Å². The number of hydrogen-bond donors (Lipinski definition) is 3. The fraction of sp³-hybridized carbons (Fsp3) is 0.439. The number of aryl methyl sites for hydroxylation is 1. The van der Waals surface area contributed by atoms with Crippen LogP contribution in [-0.4, -0.2) is 90.1 Å². The van der Waals surface area contributed by atoms with Crippen LogP contribution in [0.25, 0.3) is 44.2 Å². The summed E-state index contributed by atoms with van der Waals surface area (Å²) in [5.74, 6) is 2.26. The predicted molar refractivity (Wildman–Crippen MR) is 273 cm³/mol. The van der Waals surface area contributed by atoms with E-state index in [0.29, 0.717) is 30.3 Å². The van der Waals surface area contributed by atoms with Gasteiger partial charge in [-0.3, -0.25) is 14.4 Å². The van der Waals surface area contributed by atoms with Crippen molar-refractivity contribution in [2.75, 3.05) is 38.0 Å². The molecule has 5 heterocycles. The Morgan fingerprint density at radius 3 is 2.23 bits per heavy atom. The number of likely N-dealkylation sites (tertiary alicyclic amines) is 2. The smallest absolute Gasteiger partial charge is 0.390 e. The molecule has 11 rings (SSSR count). The minimum atomic E-state index is -4.26. The number of aliphatic hydroxyl groups excluding tert-OH is 1. The Balaban J connectivity index is 0.625. The molecule has 4 aromatic carbocycles. The van der Waals surface area contributed by atoms with Crippen LogP contribution in [0.4, 0.5) is 19.1 Å². The van der Waals surface area contributed by atoms with E-state index in [1.165, 1.54) is 46.0 Å². The zero-order chi connectivity index (χ0) is 48.6. The van der Waals surface area contributed by atoms with Crippen molar-refractivity contribution in [1.29, 1.82) is 0 Å². The molecule has 0 bridgehead atoms. The molecule has 370 valence electrons. The Bertz CT molecular complexity index is 2980. The average molecular weight is 964 g/mol. The van der Waals surface area contributed by atoms with Crippen LogP contribution in [-0.2, 0) is 26.2 Å². The van der Waals surface area contributed by atoms with Gasteiger partial charge in [0.2, 0.25) is 5.95 Å². The largest absolute Gasteiger partial charge is 0.393 e. The molecule has 7 aromatic rings. The lowest BCUT2D eigenvalue weighted by Gasteiger charge is -2.46. The molecule has 1 amide bonds. The number of nitrogens with zero attached hydrogens (tertiary/aromatic N) is 7. The molecular formula is C57H64F3N9O2. The van der Waals surface area contributed by atoms with Gasteiger partial charge in [0.05, 0.1) is 18.0 Å². The van der Waals surface area contributed by atoms with Crippen molar-refractivity contribution in [2.45, 2.75) is 109 Å². The first kappa shape index (κ1) is 47.2. The minimum Gasteiger partial charge on any atom is -0.393 e. The summed E-state index contributed by atoms with van der Waals surface area (Å²) in [4.78, 5) is 27.1. The van der Waals surface area contributed by atoms with Crippen LogP contribution in [0.1, 0.15) is 96.4 Å². The van der Waals surface area contributed by atoms with Crippen molar-refractivity contribution in [2.24, 2.45) is 17.8 Å². The standard InChI is InChI=1S/C57H64F3N9O2/c1-37-26-41(8-18-50(37)45-13-19-53-46(27-45)35-68(65-53)32-40-2-3-40)29-61-28-38-4-11-44(12-5-38)55(71)67-33-47(34-67)42-20-24-66(25-21-42)31-39-6-9-43(10-7-39)52-36-69(48-14-16-49(70)17-15-48)54-51(52)30-63-56(64-54)62-23-22-57(58,59)60/h4-13,18-19,26-27,30,35-36,40,42,47-49,61,70H,2-3,14-17,20-25,28-29,31-34H2,1H3,(H,62,63,64)/t48-,49-. The first-order valence-electron chi connectivity index (χ1n) is 25.8. The van der Waals surface area contributed by atoms with Gasteiger partial charge in [-0.15, -0.1) is 0 Å². The first-order chi connectivity index (χ1) is 34.4. The van der Waals surface area contributed by atoms with Crippen molar-refractivity contribution in [3.8, 4) is 22.3 Å². The van der Waals surface area contributed by atoms with E-state index in [2.05, 4.69) is 122 Å². The second kappa shape index (κ2) is 20.2. The van der Waals surface area contributed by atoms with Gasteiger partial charge < -0.3 is 25.2 Å². The summed E-state index contributed by atoms with van der Waals surface area (Å²) in [6.07, 6.45) is 8.37. The molecule has 0 atom stereocenters. The van der Waals surface area contributed by atoms with Gasteiger partial charge in [0.25, 0.3) is 5.91 Å². The highest BCUT2D eigenvalue weighted by Gasteiger charge is 2.38. The van der Waals surface area contributed by atoms with Crippen LogP contribution < -0.4 is 10.6 Å². The molecule has 2 aliphatic heterocycles. The summed E-state index contributed by atoms with van der Waals surface area (Å²) in [6.45, 7) is 8.99. The van der Waals surface area contributed by atoms with Crippen LogP contribution in [0.5, 0.6) is 0 Å². The average Bonchev–Trinajstić information content (AvgIpc) is 3.95. The van der Waals surface area contributed by atoms with Gasteiger partial charge in [-0.05, 0) is 152 Å². The summed E-state index contributed by atoms with van der Waals surface area (Å²) in [6, 6.07) is 30.2. The quantitative estimate of drug-likeness (QED) is 0.0877. The number of piperidine rings is 1. The van der Waals surface area contributed by atoms with Crippen molar-refractivity contribution in [1.82, 2.24) is 39.4 Å². The SMILES string of the molecule is Cc1cc(CNCc2ccc(C(=O)N3CC(C4CCN(Cc5ccc(-c6cn([C@H]7CC[C@H](O)CC7)c7nc(NCCC(F)(F)F)ncc67)cc5)CC4)C3)cc2)ccc1-c1ccc2nn(CC3CC3)cc2c1. The number of fused-ring (bicyclic) bond motifs is 2. The number of aromatic nitrogens is 5. The number of anilines is 1. The Kier molecular flexibility index (Phi) is 13.4. The maximum atomic E-state index is 13.5. The summed E-state index contributed by atoms with van der Waals surface area (Å²) in [7, 11) is 0. The highest BCUT2D eigenvalue weighted by Crippen LogP contribution is 2.38. The molecule has 3 N–H and O–H groups in total. The maximum Gasteiger partial charge on any atom is 0.390 e. The van der Waals surface area contributed by atoms with E-state index >= 15 is 0 Å². The van der Waals surface area contributed by atoms with Crippen LogP contribution in [0.2, 0.25) is 0 Å². The van der Waals surface area contributed by atoms with Crippen molar-refractivity contribution in [3.63, 3.8) is 0 Å². The molecule has 0 radical (unpaired) electrons. The second-order valence-corrected chi connectivity index (χ2v) is 20.9. The molecule has 2 saturated heterocycles. The number of amides is 1. The van der Waals surface area contributed by atoms with Gasteiger partial charge in [-0.1, -0.05) is 60.7 Å². The van der Waals surface area contributed by atoms with Gasteiger partial charge in [0, 0.05) is 92.3 Å². The highest BCUT2D eigenvalue weighted by atomic mass is 19.4. The molecule has 0 spiro atoms. The van der Waals surface area contributed by atoms with Gasteiger partial charge >= 0.3 is 6.18 Å². The van der Waals surface area contributed by atoms with Crippen LogP contribution in [0, 0.1) is 24.7 Å². The Morgan fingerprint density at radius 2 is 1.49 bits per heavy atom. The van der Waals surface area contributed by atoms with Crippen molar-refractivity contribution < 1.29 is 23.1 Å². The number of aliphatic hydroxyl groups is 1. The molecule has 71 heavy (non-hydrogen) atoms. The Hall–Kier alpha value is -6.09. The molecule has 14 heteroatoms. The predicted octanol–water partition coefficient (Wildman–Crippen LogP) is 10.9. The monoisotopic (exact) mass is 964 g/mol. The van der Waals surface area contributed by atoms with Gasteiger partial charge in [0.1, 0.15) is 5.65 Å². The van der Waals surface area contributed by atoms with Gasteiger partial charge in [-0.2, -0.15) is 23.3 Å². The molecule has 0 unspecified atom stereocenters. The number of hydrogen-bond acceptors (Lipinski definition) is 8. The normalized spacial score (nSPS) is 19.4. The molecule has 4 fully saturated rings. The topological polar surface area (TPSA) is 116 Å². The number of halogens is 3. The number of carbonyl (C=O) groups excluding carboxylic acids is 1. The lowest BCUT2D eigenvalue weighted by atomic mass is 9.79. The third-order valence-corrected chi connectivity index (χ3v) is 15.6. The molecule has 3 aromatic heterocycles. The summed E-state index contributed by atoms with van der Waals surface area (Å²) in [5.41, 5.74) is 11.9. The van der Waals surface area contributed by atoms with E-state index in [1.54, 1.807) is 6.20 Å². The molecular weight excluding hydrogens is 900 g/mol. The van der Waals surface area contributed by atoms with E-state index in [0.717, 1.165) is 117 Å². The number of rotatable bonds is 16. The lowest BCUT2D eigenvalue weighted by Crippen LogP contribution is -2.54. The van der Waals surface area contributed by atoms with Crippen LogP contribution >= 0.6 is 0 Å². The number of alkyl halides is 3. The summed E-state index contributed by atoms with van der Waals surface area (Å²) in [5, 5.41) is 23.3. The third kappa shape index (κ3) is 11.0. The van der Waals surface area contributed by atoms with Crippen molar-refractivity contribution >= 4 is 33.8 Å². The molecule has 2 aliphatic carbocycles. The molecule has 11 nitrogen and oxygen atoms in total. The second-order valence-electron chi connectivity index (χ2n) is 20.9. The van der Waals surface area contributed by atoms with Crippen molar-refractivity contribution in [3.05, 3.63) is 131 Å². The van der Waals surface area contributed by atoms with Crippen LogP contribution in [0.15, 0.2) is 104 Å². The lowest BCUT2D eigenvalue weighted by molar-refractivity contribution is -0.131. The fourth-order valence-electron chi connectivity index (χ4n) is 11.2. The highest BCUT2D eigenvalue weighted by molar-refractivity contribution is 5.95. The number of carbonyl (C=O) groups is 1. The summed E-state index contributed by atoms with van der Waals surface area (Å²) < 4.78 is 42.8. The number of nitrogens with one attached hydrogen (secondary N) is 2. The van der Waals surface area contributed by atoms with Gasteiger partial charge in [-0.25, -0.2) is 4.98 Å². The van der Waals surface area contributed by atoms with E-state index in [1.807, 2.05) is 17.0 Å². The van der Waals surface area contributed by atoms with E-state index in [4.69, 9.17) is 10.1 Å². The Labute approximate surface area is 413 Å². The zero-order valence-electron chi connectivity index (χ0n) is 40.5. The molecule has 2 saturated carbocycles. The minimum absolute atomic E-state index is 0.121. The number of benzene rings is 4.